The standard InChI is InChI=1S/C18H13Br3N2O4/c1-2-26-15-5-10(12(20)7-14(15)24)8-22-23-18(25)16-4-9-3-11(19)6-13(21)17(9)27-16/h3-8,24H,2H2,1H3,(H,23,25)/b22-8-. The van der Waals surface area contributed by atoms with Crippen LogP contribution in [0.25, 0.3) is 11.0 Å². The Morgan fingerprint density at radius 2 is 2.00 bits per heavy atom. The van der Waals surface area contributed by atoms with Gasteiger partial charge in [-0.3, -0.25) is 4.79 Å². The number of carbonyl (C=O) groups excluding carboxylic acids is 1. The lowest BCUT2D eigenvalue weighted by atomic mass is 10.2. The van der Waals surface area contributed by atoms with E-state index in [0.717, 1.165) is 14.3 Å². The summed E-state index contributed by atoms with van der Waals surface area (Å²) in [6.07, 6.45) is 1.44. The highest BCUT2D eigenvalue weighted by atomic mass is 79.9. The third kappa shape index (κ3) is 4.53. The zero-order chi connectivity index (χ0) is 19.6. The number of hydrogen-bond acceptors (Lipinski definition) is 5. The first-order chi connectivity index (χ1) is 12.9. The highest BCUT2D eigenvalue weighted by Crippen LogP contribution is 2.32. The summed E-state index contributed by atoms with van der Waals surface area (Å²) in [6, 6.07) is 8.45. The number of amides is 1. The molecule has 2 N–H and O–H groups in total. The molecule has 0 unspecified atom stereocenters. The predicted octanol–water partition coefficient (Wildman–Crippen LogP) is 5.59. The van der Waals surface area contributed by atoms with Crippen molar-refractivity contribution in [3.63, 3.8) is 0 Å². The number of halogens is 3. The van der Waals surface area contributed by atoms with Crippen LogP contribution in [0, 0.1) is 0 Å². The van der Waals surface area contributed by atoms with E-state index in [-0.39, 0.29) is 11.5 Å². The van der Waals surface area contributed by atoms with E-state index in [1.165, 1.54) is 12.3 Å². The van der Waals surface area contributed by atoms with Gasteiger partial charge in [-0.05, 0) is 69.1 Å². The van der Waals surface area contributed by atoms with Crippen LogP contribution in [0.15, 0.2) is 53.3 Å². The average Bonchev–Trinajstić information content (AvgIpc) is 3.03. The van der Waals surface area contributed by atoms with E-state index < -0.39 is 5.91 Å². The van der Waals surface area contributed by atoms with Crippen molar-refractivity contribution in [2.45, 2.75) is 6.92 Å². The Morgan fingerprint density at radius 3 is 2.74 bits per heavy atom. The number of ether oxygens (including phenoxy) is 1. The minimum absolute atomic E-state index is 0.0175. The van der Waals surface area contributed by atoms with Gasteiger partial charge in [-0.15, -0.1) is 0 Å². The third-order valence-electron chi connectivity index (χ3n) is 3.51. The van der Waals surface area contributed by atoms with Crippen LogP contribution in [0.5, 0.6) is 11.5 Å². The van der Waals surface area contributed by atoms with Gasteiger partial charge in [-0.1, -0.05) is 15.9 Å². The van der Waals surface area contributed by atoms with Crippen molar-refractivity contribution in [2.24, 2.45) is 5.10 Å². The van der Waals surface area contributed by atoms with Gasteiger partial charge in [0.05, 0.1) is 17.3 Å². The van der Waals surface area contributed by atoms with Gasteiger partial charge in [0.2, 0.25) is 0 Å². The van der Waals surface area contributed by atoms with Crippen molar-refractivity contribution in [3.05, 3.63) is 55.1 Å². The molecule has 27 heavy (non-hydrogen) atoms. The molecule has 2 aromatic carbocycles. The average molecular weight is 561 g/mol. The van der Waals surface area contributed by atoms with Gasteiger partial charge in [0.15, 0.2) is 17.3 Å². The number of hydrogen-bond donors (Lipinski definition) is 2. The summed E-state index contributed by atoms with van der Waals surface area (Å²) in [7, 11) is 0. The zero-order valence-electron chi connectivity index (χ0n) is 13.9. The van der Waals surface area contributed by atoms with E-state index in [4.69, 9.17) is 9.15 Å². The maximum absolute atomic E-state index is 12.3. The van der Waals surface area contributed by atoms with Crippen LogP contribution in [0.2, 0.25) is 0 Å². The Bertz CT molecular complexity index is 1050. The first-order valence-corrected chi connectivity index (χ1v) is 10.1. The SMILES string of the molecule is CCOc1cc(/C=N\NC(=O)c2cc3cc(Br)cc(Br)c3o2)c(Br)cc1O. The molecular weight excluding hydrogens is 548 g/mol. The molecule has 0 aliphatic heterocycles. The molecule has 0 radical (unpaired) electrons. The molecule has 0 bridgehead atoms. The number of phenolic OH excluding ortho intramolecular Hbond substituents is 1. The molecule has 3 aromatic rings. The van der Waals surface area contributed by atoms with Crippen LogP contribution < -0.4 is 10.2 Å². The molecule has 0 saturated heterocycles. The minimum Gasteiger partial charge on any atom is -0.504 e. The van der Waals surface area contributed by atoms with Crippen molar-refractivity contribution in [3.8, 4) is 11.5 Å². The normalized spacial score (nSPS) is 11.3. The Labute approximate surface area is 180 Å². The highest BCUT2D eigenvalue weighted by molar-refractivity contribution is 9.11. The Hall–Kier alpha value is -1.84. The molecule has 140 valence electrons. The number of aromatic hydroxyl groups is 1. The molecular formula is C18H13Br3N2O4. The largest absolute Gasteiger partial charge is 0.504 e. The number of rotatable bonds is 5. The molecule has 6 nitrogen and oxygen atoms in total. The molecule has 0 aliphatic rings. The quantitative estimate of drug-likeness (QED) is 0.315. The van der Waals surface area contributed by atoms with Gasteiger partial charge < -0.3 is 14.3 Å². The van der Waals surface area contributed by atoms with Crippen LogP contribution in [0.3, 0.4) is 0 Å². The van der Waals surface area contributed by atoms with E-state index in [1.54, 1.807) is 12.1 Å². The summed E-state index contributed by atoms with van der Waals surface area (Å²) in [5.74, 6) is 0.0104. The molecule has 0 saturated carbocycles. The summed E-state index contributed by atoms with van der Waals surface area (Å²) >= 11 is 10.1. The topological polar surface area (TPSA) is 84.1 Å². The second kappa shape index (κ2) is 8.45. The summed E-state index contributed by atoms with van der Waals surface area (Å²) in [5.41, 5.74) is 3.63. The number of furan rings is 1. The Morgan fingerprint density at radius 1 is 1.22 bits per heavy atom. The number of hydrazone groups is 1. The van der Waals surface area contributed by atoms with E-state index >= 15 is 0 Å². The molecule has 9 heteroatoms. The Balaban J connectivity index is 1.78. The number of nitrogens with one attached hydrogen (secondary N) is 1. The van der Waals surface area contributed by atoms with Crippen LogP contribution in [-0.4, -0.2) is 23.8 Å². The van der Waals surface area contributed by atoms with E-state index in [9.17, 15) is 9.90 Å². The summed E-state index contributed by atoms with van der Waals surface area (Å²) in [6.45, 7) is 2.24. The van der Waals surface area contributed by atoms with Gasteiger partial charge in [0, 0.05) is 19.9 Å². The number of benzene rings is 2. The Kier molecular flexibility index (Phi) is 6.23. The van der Waals surface area contributed by atoms with Crippen LogP contribution in [0.1, 0.15) is 23.0 Å². The number of carbonyl (C=O) groups is 1. The number of phenols is 1. The fourth-order valence-electron chi connectivity index (χ4n) is 2.33. The fourth-order valence-corrected chi connectivity index (χ4v) is 4.10. The fraction of sp³-hybridized carbons (Fsp3) is 0.111. The smallest absolute Gasteiger partial charge is 0.307 e. The molecule has 3 rings (SSSR count). The molecule has 1 aromatic heterocycles. The van der Waals surface area contributed by atoms with Crippen LogP contribution in [-0.2, 0) is 0 Å². The van der Waals surface area contributed by atoms with Crippen molar-refractivity contribution < 1.29 is 19.1 Å². The molecule has 1 amide bonds. The van der Waals surface area contributed by atoms with Gasteiger partial charge in [-0.2, -0.15) is 5.10 Å². The molecule has 0 fully saturated rings. The van der Waals surface area contributed by atoms with Crippen molar-refractivity contribution in [2.75, 3.05) is 6.61 Å². The first-order valence-electron chi connectivity index (χ1n) is 7.76. The van der Waals surface area contributed by atoms with Crippen LogP contribution in [0.4, 0.5) is 0 Å². The lowest BCUT2D eigenvalue weighted by Crippen LogP contribution is -2.16. The molecule has 0 atom stereocenters. The van der Waals surface area contributed by atoms with Gasteiger partial charge in [0.1, 0.15) is 5.58 Å². The van der Waals surface area contributed by atoms with Crippen LogP contribution >= 0.6 is 47.8 Å². The maximum atomic E-state index is 12.3. The lowest BCUT2D eigenvalue weighted by Gasteiger charge is -2.08. The second-order valence-corrected chi connectivity index (χ2v) is 8.01. The van der Waals surface area contributed by atoms with Gasteiger partial charge in [-0.25, -0.2) is 5.43 Å². The summed E-state index contributed by atoms with van der Waals surface area (Å²) < 4.78 is 13.2. The molecule has 0 spiro atoms. The van der Waals surface area contributed by atoms with E-state index in [1.807, 2.05) is 19.1 Å². The first kappa shape index (κ1) is 19.9. The van der Waals surface area contributed by atoms with E-state index in [2.05, 4.69) is 58.3 Å². The highest BCUT2D eigenvalue weighted by Gasteiger charge is 2.14. The van der Waals surface area contributed by atoms with Crippen molar-refractivity contribution in [1.82, 2.24) is 5.43 Å². The van der Waals surface area contributed by atoms with Crippen molar-refractivity contribution in [1.29, 1.82) is 0 Å². The third-order valence-corrected chi connectivity index (χ3v) is 5.24. The number of fused-ring (bicyclic) bond motifs is 1. The van der Waals surface area contributed by atoms with E-state index in [0.29, 0.717) is 28.0 Å². The predicted molar refractivity (Wildman–Crippen MR) is 114 cm³/mol. The maximum Gasteiger partial charge on any atom is 0.307 e. The van der Waals surface area contributed by atoms with Crippen molar-refractivity contribution >= 4 is 70.9 Å². The van der Waals surface area contributed by atoms with Gasteiger partial charge >= 0.3 is 5.91 Å². The number of nitrogens with zero attached hydrogens (tertiary/aromatic N) is 1. The summed E-state index contributed by atoms with van der Waals surface area (Å²) in [4.78, 5) is 12.3. The second-order valence-electron chi connectivity index (χ2n) is 5.39. The lowest BCUT2D eigenvalue weighted by molar-refractivity contribution is 0.0929. The van der Waals surface area contributed by atoms with Gasteiger partial charge in [0.25, 0.3) is 0 Å². The minimum atomic E-state index is -0.481. The zero-order valence-corrected chi connectivity index (χ0v) is 18.7. The molecule has 0 aliphatic carbocycles. The molecule has 1 heterocycles. The monoisotopic (exact) mass is 558 g/mol. The summed E-state index contributed by atoms with van der Waals surface area (Å²) in [5, 5.41) is 14.6.